The second-order valence-electron chi connectivity index (χ2n) is 8.03. The van der Waals surface area contributed by atoms with Crippen molar-refractivity contribution in [3.05, 3.63) is 39.4 Å². The standard InChI is InChI=1S/C21H29N5O2S/c1-3-28-14-6-11-24-19(27)17-7-4-5-8-18(17)26-20(24)22-25(21(26)29)15-23-12-9-16(2)10-13-23/h4-5,7-8,16H,3,6,9-15H2,1-2H3/p+1. The number of fused-ring (bicyclic) bond motifs is 3. The molecule has 1 N–H and O–H groups in total. The van der Waals surface area contributed by atoms with Gasteiger partial charge in [-0.3, -0.25) is 13.8 Å². The van der Waals surface area contributed by atoms with E-state index in [1.165, 1.54) is 17.7 Å². The van der Waals surface area contributed by atoms with E-state index in [1.54, 1.807) is 4.57 Å². The molecule has 3 aromatic rings. The molecule has 29 heavy (non-hydrogen) atoms. The number of hydrogen-bond acceptors (Lipinski definition) is 4. The van der Waals surface area contributed by atoms with Crippen molar-refractivity contribution in [2.75, 3.05) is 26.3 Å². The lowest BCUT2D eigenvalue weighted by Crippen LogP contribution is -3.12. The molecule has 0 atom stereocenters. The van der Waals surface area contributed by atoms with Crippen molar-refractivity contribution in [1.29, 1.82) is 0 Å². The summed E-state index contributed by atoms with van der Waals surface area (Å²) in [7, 11) is 0. The smallest absolute Gasteiger partial charge is 0.262 e. The summed E-state index contributed by atoms with van der Waals surface area (Å²) >= 11 is 5.81. The summed E-state index contributed by atoms with van der Waals surface area (Å²) in [5, 5.41) is 5.48. The number of ether oxygens (including phenoxy) is 1. The fourth-order valence-electron chi connectivity index (χ4n) is 4.18. The molecule has 0 aliphatic carbocycles. The van der Waals surface area contributed by atoms with Crippen molar-refractivity contribution < 1.29 is 9.64 Å². The van der Waals surface area contributed by atoms with Gasteiger partial charge in [-0.25, -0.2) is 0 Å². The molecule has 1 aliphatic rings. The number of aromatic nitrogens is 4. The molecule has 0 bridgehead atoms. The Morgan fingerprint density at radius 1 is 1.28 bits per heavy atom. The monoisotopic (exact) mass is 416 g/mol. The van der Waals surface area contributed by atoms with Gasteiger partial charge >= 0.3 is 0 Å². The Morgan fingerprint density at radius 3 is 2.79 bits per heavy atom. The first-order chi connectivity index (χ1) is 14.1. The molecule has 0 saturated carbocycles. The molecule has 1 saturated heterocycles. The molecule has 1 aliphatic heterocycles. The van der Waals surface area contributed by atoms with Crippen LogP contribution in [0.25, 0.3) is 16.7 Å². The molecule has 1 aromatic carbocycles. The number of para-hydroxylation sites is 1. The third-order valence-corrected chi connectivity index (χ3v) is 6.31. The molecule has 3 heterocycles. The minimum absolute atomic E-state index is 0.0177. The van der Waals surface area contributed by atoms with E-state index in [4.69, 9.17) is 22.1 Å². The van der Waals surface area contributed by atoms with Crippen LogP contribution in [-0.4, -0.2) is 45.1 Å². The Bertz CT molecular complexity index is 1110. The average Bonchev–Trinajstić information content (AvgIpc) is 3.05. The van der Waals surface area contributed by atoms with Crippen LogP contribution in [0.1, 0.15) is 33.1 Å². The van der Waals surface area contributed by atoms with Crippen molar-refractivity contribution in [3.63, 3.8) is 0 Å². The second-order valence-corrected chi connectivity index (χ2v) is 8.40. The first-order valence-corrected chi connectivity index (χ1v) is 11.0. The molecule has 4 rings (SSSR count). The van der Waals surface area contributed by atoms with E-state index in [0.717, 1.165) is 37.6 Å². The Kier molecular flexibility index (Phi) is 6.12. The van der Waals surface area contributed by atoms with Crippen LogP contribution in [0.15, 0.2) is 29.1 Å². The van der Waals surface area contributed by atoms with Crippen LogP contribution in [0.4, 0.5) is 0 Å². The van der Waals surface area contributed by atoms with E-state index < -0.39 is 0 Å². The quantitative estimate of drug-likeness (QED) is 0.472. The minimum Gasteiger partial charge on any atom is -0.382 e. The first kappa shape index (κ1) is 20.3. The van der Waals surface area contributed by atoms with Gasteiger partial charge in [-0.15, -0.1) is 5.10 Å². The van der Waals surface area contributed by atoms with Gasteiger partial charge in [-0.2, -0.15) is 4.68 Å². The fourth-order valence-corrected chi connectivity index (χ4v) is 4.47. The molecule has 8 heteroatoms. The predicted molar refractivity (Wildman–Crippen MR) is 116 cm³/mol. The normalized spacial score (nSPS) is 19.9. The third kappa shape index (κ3) is 4.01. The number of likely N-dealkylation sites (tertiary alicyclic amines) is 1. The van der Waals surface area contributed by atoms with Gasteiger partial charge in [0.15, 0.2) is 6.67 Å². The average molecular weight is 417 g/mol. The van der Waals surface area contributed by atoms with Crippen molar-refractivity contribution in [2.24, 2.45) is 5.92 Å². The number of aryl methyl sites for hydroxylation is 1. The first-order valence-electron chi connectivity index (χ1n) is 10.6. The van der Waals surface area contributed by atoms with Crippen LogP contribution in [0.3, 0.4) is 0 Å². The Hall–Kier alpha value is -2.03. The van der Waals surface area contributed by atoms with E-state index in [-0.39, 0.29) is 5.56 Å². The van der Waals surface area contributed by atoms with Crippen molar-refractivity contribution >= 4 is 28.9 Å². The molecular formula is C21H30N5O2S+. The summed E-state index contributed by atoms with van der Waals surface area (Å²) in [6.45, 7) is 9.18. The molecule has 7 nitrogen and oxygen atoms in total. The van der Waals surface area contributed by atoms with Gasteiger partial charge in [0.1, 0.15) is 0 Å². The maximum absolute atomic E-state index is 13.2. The largest absolute Gasteiger partial charge is 0.382 e. The second kappa shape index (κ2) is 8.77. The molecule has 0 spiro atoms. The van der Waals surface area contributed by atoms with Gasteiger partial charge in [0, 0.05) is 19.8 Å². The number of nitrogens with zero attached hydrogens (tertiary/aromatic N) is 4. The van der Waals surface area contributed by atoms with E-state index in [2.05, 4.69) is 6.92 Å². The molecule has 0 radical (unpaired) electrons. The maximum atomic E-state index is 13.2. The number of rotatable bonds is 7. The lowest BCUT2D eigenvalue weighted by Gasteiger charge is -2.26. The highest BCUT2D eigenvalue weighted by Gasteiger charge is 2.21. The van der Waals surface area contributed by atoms with E-state index >= 15 is 0 Å². The number of benzene rings is 1. The van der Waals surface area contributed by atoms with Crippen LogP contribution in [0, 0.1) is 10.7 Å². The van der Waals surface area contributed by atoms with Crippen LogP contribution in [0.2, 0.25) is 0 Å². The van der Waals surface area contributed by atoms with Gasteiger partial charge in [-0.05, 0) is 56.5 Å². The number of quaternary nitrogens is 1. The Morgan fingerprint density at radius 2 is 2.03 bits per heavy atom. The fraction of sp³-hybridized carbons (Fsp3) is 0.571. The van der Waals surface area contributed by atoms with Crippen molar-refractivity contribution in [3.8, 4) is 0 Å². The molecule has 0 unspecified atom stereocenters. The zero-order valence-corrected chi connectivity index (χ0v) is 18.1. The highest BCUT2D eigenvalue weighted by atomic mass is 32.1. The number of hydrogen-bond donors (Lipinski definition) is 1. The molecule has 156 valence electrons. The minimum atomic E-state index is -0.0177. The van der Waals surface area contributed by atoms with Crippen molar-refractivity contribution in [2.45, 2.75) is 46.3 Å². The SMILES string of the molecule is CCOCCCn1c(=O)c2ccccc2n2c(=S)n(C[NH+]3CCC(C)CC3)nc12. The zero-order chi connectivity index (χ0) is 20.4. The van der Waals surface area contributed by atoms with Crippen LogP contribution in [-0.2, 0) is 18.0 Å². The summed E-state index contributed by atoms with van der Waals surface area (Å²) in [5.41, 5.74) is 0.808. The highest BCUT2D eigenvalue weighted by molar-refractivity contribution is 7.71. The van der Waals surface area contributed by atoms with Gasteiger partial charge in [-0.1, -0.05) is 19.1 Å². The molecule has 0 amide bonds. The predicted octanol–water partition coefficient (Wildman–Crippen LogP) is 1.88. The highest BCUT2D eigenvalue weighted by Crippen LogP contribution is 2.14. The zero-order valence-electron chi connectivity index (χ0n) is 17.3. The lowest BCUT2D eigenvalue weighted by molar-refractivity contribution is -0.929. The van der Waals surface area contributed by atoms with Gasteiger partial charge in [0.2, 0.25) is 10.5 Å². The van der Waals surface area contributed by atoms with Gasteiger partial charge in [0.25, 0.3) is 5.56 Å². The summed E-state index contributed by atoms with van der Waals surface area (Å²) in [5.74, 6) is 1.42. The van der Waals surface area contributed by atoms with Gasteiger partial charge in [0.05, 0.1) is 24.0 Å². The number of piperidine rings is 1. The third-order valence-electron chi connectivity index (χ3n) is 5.91. The van der Waals surface area contributed by atoms with E-state index in [0.29, 0.717) is 35.7 Å². The number of nitrogens with one attached hydrogen (secondary N) is 1. The van der Waals surface area contributed by atoms with E-state index in [1.807, 2.05) is 40.3 Å². The summed E-state index contributed by atoms with van der Waals surface area (Å²) in [4.78, 5) is 14.7. The molecule has 1 fully saturated rings. The topological polar surface area (TPSA) is 57.9 Å². The lowest BCUT2D eigenvalue weighted by atomic mass is 10.00. The Labute approximate surface area is 175 Å². The summed E-state index contributed by atoms with van der Waals surface area (Å²) in [6, 6.07) is 7.66. The molecule has 2 aromatic heterocycles. The summed E-state index contributed by atoms with van der Waals surface area (Å²) in [6.07, 6.45) is 3.23. The van der Waals surface area contributed by atoms with Crippen LogP contribution < -0.4 is 10.5 Å². The summed E-state index contributed by atoms with van der Waals surface area (Å²) < 4.78 is 11.7. The van der Waals surface area contributed by atoms with Gasteiger partial charge < -0.3 is 9.64 Å². The van der Waals surface area contributed by atoms with Crippen LogP contribution in [0.5, 0.6) is 0 Å². The Balaban J connectivity index is 1.77. The van der Waals surface area contributed by atoms with E-state index in [9.17, 15) is 4.79 Å². The molecular weight excluding hydrogens is 386 g/mol. The van der Waals surface area contributed by atoms with Crippen LogP contribution >= 0.6 is 12.2 Å². The maximum Gasteiger partial charge on any atom is 0.262 e. The van der Waals surface area contributed by atoms with Crippen molar-refractivity contribution in [1.82, 2.24) is 18.7 Å².